The molecule has 0 aliphatic rings. The van der Waals surface area contributed by atoms with Crippen LogP contribution in [-0.2, 0) is 9.53 Å². The Labute approximate surface area is 148 Å². The van der Waals surface area contributed by atoms with E-state index in [0.29, 0.717) is 11.3 Å². The summed E-state index contributed by atoms with van der Waals surface area (Å²) in [6, 6.07) is 10.1. The molecular formula is C17H15ClN2O5. The van der Waals surface area contributed by atoms with Gasteiger partial charge in [-0.05, 0) is 42.5 Å². The number of esters is 1. The molecule has 0 fully saturated rings. The maximum absolute atomic E-state index is 11.9. The Morgan fingerprint density at radius 2 is 1.80 bits per heavy atom. The number of halogens is 1. The van der Waals surface area contributed by atoms with Gasteiger partial charge in [0.1, 0.15) is 11.3 Å². The lowest BCUT2D eigenvalue weighted by Crippen LogP contribution is -2.21. The first-order valence-electron chi connectivity index (χ1n) is 7.18. The fourth-order valence-corrected chi connectivity index (χ4v) is 2.10. The number of aromatic hydroxyl groups is 1. The Morgan fingerprint density at radius 1 is 1.12 bits per heavy atom. The van der Waals surface area contributed by atoms with Gasteiger partial charge in [0, 0.05) is 23.3 Å². The minimum Gasteiger partial charge on any atom is -0.507 e. The van der Waals surface area contributed by atoms with Crippen molar-refractivity contribution in [2.24, 2.45) is 0 Å². The highest BCUT2D eigenvalue weighted by molar-refractivity contribution is 6.31. The van der Waals surface area contributed by atoms with Crippen LogP contribution in [0.3, 0.4) is 0 Å². The number of benzene rings is 2. The third-order valence-corrected chi connectivity index (χ3v) is 3.41. The van der Waals surface area contributed by atoms with E-state index in [2.05, 4.69) is 10.6 Å². The summed E-state index contributed by atoms with van der Waals surface area (Å²) >= 11 is 5.75. The summed E-state index contributed by atoms with van der Waals surface area (Å²) in [6.07, 6.45) is 0. The number of rotatable bonds is 5. The Bertz CT molecular complexity index is 805. The number of ether oxygens (including phenoxy) is 1. The topological polar surface area (TPSA) is 105 Å². The summed E-state index contributed by atoms with van der Waals surface area (Å²) in [5, 5.41) is 14.9. The number of hydrogen-bond acceptors (Lipinski definition) is 5. The van der Waals surface area contributed by atoms with Gasteiger partial charge in [0.15, 0.2) is 6.61 Å². The van der Waals surface area contributed by atoms with Crippen molar-refractivity contribution in [2.75, 3.05) is 19.0 Å². The second-order valence-corrected chi connectivity index (χ2v) is 5.38. The Hall–Kier alpha value is -3.06. The quantitative estimate of drug-likeness (QED) is 0.707. The molecule has 130 valence electrons. The summed E-state index contributed by atoms with van der Waals surface area (Å²) < 4.78 is 4.84. The highest BCUT2D eigenvalue weighted by Gasteiger charge is 2.15. The van der Waals surface area contributed by atoms with Crippen molar-refractivity contribution in [1.29, 1.82) is 0 Å². The van der Waals surface area contributed by atoms with Crippen molar-refractivity contribution < 1.29 is 24.2 Å². The van der Waals surface area contributed by atoms with Crippen LogP contribution in [0.25, 0.3) is 0 Å². The molecule has 2 amide bonds. The average Bonchev–Trinajstić information content (AvgIpc) is 2.61. The van der Waals surface area contributed by atoms with Gasteiger partial charge in [0.05, 0.1) is 0 Å². The molecule has 0 saturated heterocycles. The number of carbonyl (C=O) groups excluding carboxylic acids is 3. The molecule has 0 bridgehead atoms. The van der Waals surface area contributed by atoms with Crippen molar-refractivity contribution in [2.45, 2.75) is 0 Å². The molecule has 0 spiro atoms. The molecular weight excluding hydrogens is 348 g/mol. The molecule has 2 aromatic carbocycles. The molecule has 2 aromatic rings. The van der Waals surface area contributed by atoms with Gasteiger partial charge in [0.2, 0.25) is 0 Å². The fourth-order valence-electron chi connectivity index (χ4n) is 1.93. The third kappa shape index (κ3) is 4.95. The minimum absolute atomic E-state index is 0.129. The lowest BCUT2D eigenvalue weighted by molar-refractivity contribution is -0.119. The first kappa shape index (κ1) is 18.3. The number of hydrogen-bond donors (Lipinski definition) is 3. The van der Waals surface area contributed by atoms with Gasteiger partial charge in [-0.1, -0.05) is 11.6 Å². The van der Waals surface area contributed by atoms with Crippen LogP contribution in [0.5, 0.6) is 5.75 Å². The SMILES string of the molecule is CNC(=O)c1ccc(NC(=O)COC(=O)c2cc(Cl)ccc2O)cc1. The highest BCUT2D eigenvalue weighted by Crippen LogP contribution is 2.22. The monoisotopic (exact) mass is 362 g/mol. The molecule has 8 heteroatoms. The van der Waals surface area contributed by atoms with Crippen LogP contribution in [0.2, 0.25) is 5.02 Å². The lowest BCUT2D eigenvalue weighted by atomic mass is 10.2. The van der Waals surface area contributed by atoms with Gasteiger partial charge < -0.3 is 20.5 Å². The summed E-state index contributed by atoms with van der Waals surface area (Å²) in [4.78, 5) is 35.1. The van der Waals surface area contributed by atoms with Crippen LogP contribution in [-0.4, -0.2) is 36.5 Å². The van der Waals surface area contributed by atoms with Gasteiger partial charge in [-0.2, -0.15) is 0 Å². The molecule has 0 aliphatic heterocycles. The fraction of sp³-hybridized carbons (Fsp3) is 0.118. The number of amides is 2. The lowest BCUT2D eigenvalue weighted by Gasteiger charge is -2.08. The van der Waals surface area contributed by atoms with Crippen molar-refractivity contribution in [1.82, 2.24) is 5.32 Å². The normalized spacial score (nSPS) is 10.0. The molecule has 0 aliphatic carbocycles. The molecule has 2 rings (SSSR count). The Balaban J connectivity index is 1.91. The van der Waals surface area contributed by atoms with Gasteiger partial charge in [-0.25, -0.2) is 4.79 Å². The number of anilines is 1. The predicted octanol–water partition coefficient (Wildman–Crippen LogP) is 2.20. The molecule has 0 atom stereocenters. The number of carbonyl (C=O) groups is 3. The zero-order chi connectivity index (χ0) is 18.4. The molecule has 25 heavy (non-hydrogen) atoms. The van der Waals surface area contributed by atoms with E-state index in [-0.39, 0.29) is 22.2 Å². The zero-order valence-electron chi connectivity index (χ0n) is 13.2. The first-order valence-corrected chi connectivity index (χ1v) is 7.56. The summed E-state index contributed by atoms with van der Waals surface area (Å²) in [5.74, 6) is -1.97. The number of phenols is 1. The van der Waals surface area contributed by atoms with Gasteiger partial charge >= 0.3 is 5.97 Å². The van der Waals surface area contributed by atoms with Crippen molar-refractivity contribution >= 4 is 35.1 Å². The largest absolute Gasteiger partial charge is 0.507 e. The minimum atomic E-state index is -0.870. The van der Waals surface area contributed by atoms with Crippen LogP contribution in [0.4, 0.5) is 5.69 Å². The van der Waals surface area contributed by atoms with Gasteiger partial charge in [-0.3, -0.25) is 9.59 Å². The second kappa shape index (κ2) is 8.16. The molecule has 7 nitrogen and oxygen atoms in total. The van der Waals surface area contributed by atoms with Crippen LogP contribution in [0, 0.1) is 0 Å². The van der Waals surface area contributed by atoms with Gasteiger partial charge in [-0.15, -0.1) is 0 Å². The molecule has 0 saturated carbocycles. The van der Waals surface area contributed by atoms with E-state index in [1.54, 1.807) is 24.3 Å². The van der Waals surface area contributed by atoms with E-state index in [1.165, 1.54) is 25.2 Å². The first-order chi connectivity index (χ1) is 11.9. The third-order valence-electron chi connectivity index (χ3n) is 3.17. The molecule has 0 unspecified atom stereocenters. The van der Waals surface area contributed by atoms with Crippen LogP contribution in [0.15, 0.2) is 42.5 Å². The summed E-state index contributed by atoms with van der Waals surface area (Å²) in [5.41, 5.74) is 0.762. The van der Waals surface area contributed by atoms with E-state index in [9.17, 15) is 19.5 Å². The molecule has 0 heterocycles. The van der Waals surface area contributed by atoms with Crippen LogP contribution in [0.1, 0.15) is 20.7 Å². The van der Waals surface area contributed by atoms with Crippen molar-refractivity contribution in [3.8, 4) is 5.75 Å². The van der Waals surface area contributed by atoms with Crippen molar-refractivity contribution in [3.63, 3.8) is 0 Å². The van der Waals surface area contributed by atoms with E-state index in [1.807, 2.05) is 0 Å². The number of nitrogens with one attached hydrogen (secondary N) is 2. The molecule has 3 N–H and O–H groups in total. The van der Waals surface area contributed by atoms with Crippen molar-refractivity contribution in [3.05, 3.63) is 58.6 Å². The van der Waals surface area contributed by atoms with Crippen LogP contribution < -0.4 is 10.6 Å². The Kier molecular flexibility index (Phi) is 5.97. The second-order valence-electron chi connectivity index (χ2n) is 4.94. The predicted molar refractivity (Wildman–Crippen MR) is 91.9 cm³/mol. The molecule has 0 radical (unpaired) electrons. The highest BCUT2D eigenvalue weighted by atomic mass is 35.5. The van der Waals surface area contributed by atoms with Gasteiger partial charge in [0.25, 0.3) is 11.8 Å². The summed E-state index contributed by atoms with van der Waals surface area (Å²) in [6.45, 7) is -0.540. The zero-order valence-corrected chi connectivity index (χ0v) is 14.0. The van der Waals surface area contributed by atoms with E-state index in [0.717, 1.165) is 0 Å². The average molecular weight is 363 g/mol. The smallest absolute Gasteiger partial charge is 0.342 e. The van der Waals surface area contributed by atoms with Crippen LogP contribution >= 0.6 is 11.6 Å². The van der Waals surface area contributed by atoms with E-state index >= 15 is 0 Å². The van der Waals surface area contributed by atoms with E-state index < -0.39 is 18.5 Å². The number of phenolic OH excluding ortho intramolecular Hbond substituents is 1. The Morgan fingerprint density at radius 3 is 2.44 bits per heavy atom. The maximum Gasteiger partial charge on any atom is 0.342 e. The maximum atomic E-state index is 11.9. The standard InChI is InChI=1S/C17H15ClN2O5/c1-19-16(23)10-2-5-12(6-3-10)20-15(22)9-25-17(24)13-8-11(18)4-7-14(13)21/h2-8,21H,9H2,1H3,(H,19,23)(H,20,22). The van der Waals surface area contributed by atoms with E-state index in [4.69, 9.17) is 16.3 Å². The summed E-state index contributed by atoms with van der Waals surface area (Å²) in [7, 11) is 1.52. The molecule has 0 aromatic heterocycles.